The van der Waals surface area contributed by atoms with Crippen molar-refractivity contribution in [1.82, 2.24) is 4.90 Å². The smallest absolute Gasteiger partial charge is 0.311 e. The molecule has 116 valence electrons. The zero-order chi connectivity index (χ0) is 15.2. The largest absolute Gasteiger partial charge is 0.490 e. The summed E-state index contributed by atoms with van der Waals surface area (Å²) >= 11 is 0. The third kappa shape index (κ3) is 3.83. The summed E-state index contributed by atoms with van der Waals surface area (Å²) in [6.07, 6.45) is 0.999. The van der Waals surface area contributed by atoms with Crippen LogP contribution in [0, 0.1) is 10.1 Å². The van der Waals surface area contributed by atoms with E-state index in [1.54, 1.807) is 12.1 Å². The van der Waals surface area contributed by atoms with Crippen LogP contribution in [-0.2, 0) is 0 Å². The van der Waals surface area contributed by atoms with Gasteiger partial charge < -0.3 is 14.7 Å². The van der Waals surface area contributed by atoms with Gasteiger partial charge in [-0.1, -0.05) is 0 Å². The number of aliphatic hydroxyl groups excluding tert-OH is 1. The topological polar surface area (TPSA) is 79.1 Å². The second-order valence-corrected chi connectivity index (χ2v) is 5.02. The molecule has 1 aromatic rings. The molecule has 0 unspecified atom stereocenters. The number of rotatable bonds is 5. The molecule has 1 heterocycles. The number of β-amino-alcohol motifs (C(OH)–C–C–N with tert-alkyl or cyclic N) is 1. The van der Waals surface area contributed by atoms with E-state index in [0.717, 1.165) is 38.3 Å². The van der Waals surface area contributed by atoms with Crippen LogP contribution in [0.3, 0.4) is 0 Å². The van der Waals surface area contributed by atoms with Crippen LogP contribution in [0.4, 0.5) is 11.4 Å². The Morgan fingerprint density at radius 3 is 2.81 bits per heavy atom. The number of nitro benzene ring substituents is 1. The molecule has 1 aliphatic heterocycles. The van der Waals surface area contributed by atoms with E-state index in [2.05, 4.69) is 9.80 Å². The molecule has 2 rings (SSSR count). The Balaban J connectivity index is 2.12. The summed E-state index contributed by atoms with van der Waals surface area (Å²) in [5.41, 5.74) is 0.918. The van der Waals surface area contributed by atoms with E-state index in [1.165, 1.54) is 13.2 Å². The van der Waals surface area contributed by atoms with Gasteiger partial charge in [0.15, 0.2) is 5.75 Å². The van der Waals surface area contributed by atoms with E-state index in [9.17, 15) is 10.1 Å². The summed E-state index contributed by atoms with van der Waals surface area (Å²) in [6, 6.07) is 4.98. The molecule has 1 aliphatic rings. The molecule has 7 heteroatoms. The van der Waals surface area contributed by atoms with Gasteiger partial charge in [0.2, 0.25) is 0 Å². The molecule has 1 N–H and O–H groups in total. The Hall–Kier alpha value is -1.86. The van der Waals surface area contributed by atoms with E-state index in [1.807, 2.05) is 0 Å². The average molecular weight is 295 g/mol. The molecule has 1 saturated heterocycles. The first-order valence-electron chi connectivity index (χ1n) is 7.06. The highest BCUT2D eigenvalue weighted by atomic mass is 16.6. The number of anilines is 1. The van der Waals surface area contributed by atoms with Crippen molar-refractivity contribution in [3.05, 3.63) is 28.3 Å². The Bertz CT molecular complexity index is 495. The summed E-state index contributed by atoms with van der Waals surface area (Å²) in [5, 5.41) is 19.9. The van der Waals surface area contributed by atoms with Crippen molar-refractivity contribution < 1.29 is 14.8 Å². The van der Waals surface area contributed by atoms with E-state index >= 15 is 0 Å². The number of ether oxygens (including phenoxy) is 1. The van der Waals surface area contributed by atoms with Crippen molar-refractivity contribution in [2.24, 2.45) is 0 Å². The van der Waals surface area contributed by atoms with Gasteiger partial charge in [-0.25, -0.2) is 0 Å². The molecular formula is C14H21N3O4. The lowest BCUT2D eigenvalue weighted by molar-refractivity contribution is -0.385. The van der Waals surface area contributed by atoms with Gasteiger partial charge >= 0.3 is 5.69 Å². The highest BCUT2D eigenvalue weighted by molar-refractivity contribution is 5.59. The van der Waals surface area contributed by atoms with Crippen LogP contribution in [-0.4, -0.2) is 61.4 Å². The Morgan fingerprint density at radius 1 is 1.33 bits per heavy atom. The van der Waals surface area contributed by atoms with Crippen LogP contribution in [0.25, 0.3) is 0 Å². The van der Waals surface area contributed by atoms with E-state index in [0.29, 0.717) is 6.54 Å². The van der Waals surface area contributed by atoms with Gasteiger partial charge in [0, 0.05) is 44.0 Å². The highest BCUT2D eigenvalue weighted by Gasteiger charge is 2.19. The summed E-state index contributed by atoms with van der Waals surface area (Å²) in [5.74, 6) is 0.286. The zero-order valence-electron chi connectivity index (χ0n) is 12.2. The van der Waals surface area contributed by atoms with Gasteiger partial charge in [-0.15, -0.1) is 0 Å². The average Bonchev–Trinajstić information content (AvgIpc) is 2.72. The number of benzene rings is 1. The number of nitro groups is 1. The summed E-state index contributed by atoms with van der Waals surface area (Å²) in [6.45, 7) is 4.42. The summed E-state index contributed by atoms with van der Waals surface area (Å²) < 4.78 is 5.12. The number of nitrogens with zero attached hydrogens (tertiary/aromatic N) is 3. The third-order valence-corrected chi connectivity index (χ3v) is 3.73. The summed E-state index contributed by atoms with van der Waals surface area (Å²) in [7, 11) is 1.44. The lowest BCUT2D eigenvalue weighted by Crippen LogP contribution is -2.32. The number of methoxy groups -OCH3 is 1. The van der Waals surface area contributed by atoms with Gasteiger partial charge in [-0.05, 0) is 19.0 Å². The monoisotopic (exact) mass is 295 g/mol. The molecule has 0 spiro atoms. The van der Waals surface area contributed by atoms with Crippen LogP contribution < -0.4 is 9.64 Å². The first kappa shape index (κ1) is 15.5. The summed E-state index contributed by atoms with van der Waals surface area (Å²) in [4.78, 5) is 14.9. The predicted molar refractivity (Wildman–Crippen MR) is 80.0 cm³/mol. The zero-order valence-corrected chi connectivity index (χ0v) is 12.2. The first-order valence-corrected chi connectivity index (χ1v) is 7.06. The normalized spacial score (nSPS) is 16.6. The Kier molecular flexibility index (Phi) is 5.35. The standard InChI is InChI=1S/C14H21N3O4/c1-21-14-11-12(3-4-13(14)17(19)20)16-6-2-5-15(7-8-16)9-10-18/h3-4,11,18H,2,5-10H2,1H3. The molecule has 7 nitrogen and oxygen atoms in total. The van der Waals surface area contributed by atoms with Crippen LogP contribution in [0.1, 0.15) is 6.42 Å². The van der Waals surface area contributed by atoms with Crippen LogP contribution in [0.2, 0.25) is 0 Å². The molecule has 21 heavy (non-hydrogen) atoms. The fourth-order valence-corrected chi connectivity index (χ4v) is 2.61. The van der Waals surface area contributed by atoms with Crippen molar-refractivity contribution >= 4 is 11.4 Å². The minimum absolute atomic E-state index is 0.0158. The van der Waals surface area contributed by atoms with Crippen molar-refractivity contribution in [2.45, 2.75) is 6.42 Å². The van der Waals surface area contributed by atoms with Gasteiger partial charge in [0.1, 0.15) is 0 Å². The molecule has 1 fully saturated rings. The maximum Gasteiger partial charge on any atom is 0.311 e. The first-order chi connectivity index (χ1) is 10.2. The van der Waals surface area contributed by atoms with E-state index in [4.69, 9.17) is 9.84 Å². The third-order valence-electron chi connectivity index (χ3n) is 3.73. The fourth-order valence-electron chi connectivity index (χ4n) is 2.61. The fraction of sp³-hybridized carbons (Fsp3) is 0.571. The number of hydrogen-bond donors (Lipinski definition) is 1. The van der Waals surface area contributed by atoms with Crippen LogP contribution in [0.5, 0.6) is 5.75 Å². The van der Waals surface area contributed by atoms with E-state index < -0.39 is 4.92 Å². The predicted octanol–water partition coefficient (Wildman–Crippen LogP) is 1.11. The van der Waals surface area contributed by atoms with Crippen LogP contribution >= 0.6 is 0 Å². The number of aliphatic hydroxyl groups is 1. The van der Waals surface area contributed by atoms with E-state index in [-0.39, 0.29) is 18.0 Å². The van der Waals surface area contributed by atoms with Crippen molar-refractivity contribution in [1.29, 1.82) is 0 Å². The van der Waals surface area contributed by atoms with Crippen molar-refractivity contribution in [3.8, 4) is 5.75 Å². The molecule has 0 atom stereocenters. The van der Waals surface area contributed by atoms with Gasteiger partial charge in [0.25, 0.3) is 0 Å². The number of hydrogen-bond acceptors (Lipinski definition) is 6. The lowest BCUT2D eigenvalue weighted by Gasteiger charge is -2.23. The van der Waals surface area contributed by atoms with Gasteiger partial charge in [-0.3, -0.25) is 15.0 Å². The Labute approximate surface area is 123 Å². The highest BCUT2D eigenvalue weighted by Crippen LogP contribution is 2.31. The lowest BCUT2D eigenvalue weighted by atomic mass is 10.2. The molecule has 0 saturated carbocycles. The minimum atomic E-state index is -0.436. The molecule has 0 bridgehead atoms. The quantitative estimate of drug-likeness (QED) is 0.647. The second kappa shape index (κ2) is 7.24. The maximum atomic E-state index is 10.9. The minimum Gasteiger partial charge on any atom is -0.490 e. The van der Waals surface area contributed by atoms with Crippen molar-refractivity contribution in [3.63, 3.8) is 0 Å². The van der Waals surface area contributed by atoms with Gasteiger partial charge in [-0.2, -0.15) is 0 Å². The van der Waals surface area contributed by atoms with Crippen molar-refractivity contribution in [2.75, 3.05) is 51.3 Å². The van der Waals surface area contributed by atoms with Gasteiger partial charge in [0.05, 0.1) is 18.6 Å². The Morgan fingerprint density at radius 2 is 2.14 bits per heavy atom. The maximum absolute atomic E-state index is 10.9. The molecular weight excluding hydrogens is 274 g/mol. The molecule has 0 radical (unpaired) electrons. The molecule has 0 amide bonds. The molecule has 0 aliphatic carbocycles. The molecule has 0 aromatic heterocycles. The SMILES string of the molecule is COc1cc(N2CCCN(CCO)CC2)ccc1[N+](=O)[O-]. The second-order valence-electron chi connectivity index (χ2n) is 5.02. The molecule has 1 aromatic carbocycles. The van der Waals surface area contributed by atoms with Crippen LogP contribution in [0.15, 0.2) is 18.2 Å².